The fourth-order valence-electron chi connectivity index (χ4n) is 5.41. The second kappa shape index (κ2) is 6.12. The molecule has 0 saturated carbocycles. The van der Waals surface area contributed by atoms with Gasteiger partial charge in [-0.3, -0.25) is 14.4 Å². The normalized spacial score (nSPS) is 32.0. The van der Waals surface area contributed by atoms with Crippen LogP contribution in [0.1, 0.15) is 34.8 Å². The standard InChI is InChI=1S/C20H22F2N4O/c1-24-5-4-17(23-24)20(27)26-11-16(13-8-14(21)10-15(22)9-13)19-18(26)12-2-6-25(19)7-3-12/h4-5,8-10,12,16,18-19H,2-3,6-7,11H2,1H3/t16-,18-,19-/m1/s1. The van der Waals surface area contributed by atoms with Gasteiger partial charge in [0.1, 0.15) is 17.3 Å². The Kier molecular flexibility index (Phi) is 3.82. The number of hydrogen-bond acceptors (Lipinski definition) is 3. The number of nitrogens with zero attached hydrogens (tertiary/aromatic N) is 4. The Bertz CT molecular complexity index is 870. The van der Waals surface area contributed by atoms with E-state index >= 15 is 0 Å². The highest BCUT2D eigenvalue weighted by Crippen LogP contribution is 2.47. The number of rotatable bonds is 2. The lowest BCUT2D eigenvalue weighted by Crippen LogP contribution is -2.60. The van der Waals surface area contributed by atoms with Crippen LogP contribution in [0.15, 0.2) is 30.5 Å². The number of amides is 1. The van der Waals surface area contributed by atoms with E-state index in [1.807, 2.05) is 4.90 Å². The van der Waals surface area contributed by atoms with Crippen LogP contribution in [-0.4, -0.2) is 57.2 Å². The van der Waals surface area contributed by atoms with Crippen molar-refractivity contribution in [1.29, 1.82) is 0 Å². The van der Waals surface area contributed by atoms with Crippen molar-refractivity contribution in [3.63, 3.8) is 0 Å². The van der Waals surface area contributed by atoms with Gasteiger partial charge in [0.05, 0.1) is 6.04 Å². The first-order chi connectivity index (χ1) is 13.0. The van der Waals surface area contributed by atoms with Crippen LogP contribution in [0, 0.1) is 17.6 Å². The summed E-state index contributed by atoms with van der Waals surface area (Å²) in [5.41, 5.74) is 1.07. The molecule has 7 heteroatoms. The van der Waals surface area contributed by atoms with Crippen molar-refractivity contribution in [2.75, 3.05) is 19.6 Å². The number of hydrogen-bond donors (Lipinski definition) is 0. The van der Waals surface area contributed by atoms with Gasteiger partial charge >= 0.3 is 0 Å². The molecule has 1 aromatic carbocycles. The van der Waals surface area contributed by atoms with Crippen LogP contribution in [0.3, 0.4) is 0 Å². The first-order valence-electron chi connectivity index (χ1n) is 9.52. The maximum absolute atomic E-state index is 13.9. The van der Waals surface area contributed by atoms with Gasteiger partial charge in [0.2, 0.25) is 0 Å². The fraction of sp³-hybridized carbons (Fsp3) is 0.500. The van der Waals surface area contributed by atoms with Crippen LogP contribution in [0.5, 0.6) is 0 Å². The second-order valence-corrected chi connectivity index (χ2v) is 8.00. The number of piperidine rings is 3. The SMILES string of the molecule is Cn1ccc(C(=O)N2C[C@H](c3cc(F)cc(F)c3)[C@@H]3[C@H]2C2CCN3CC2)n1. The highest BCUT2D eigenvalue weighted by atomic mass is 19.1. The van der Waals surface area contributed by atoms with E-state index in [4.69, 9.17) is 0 Å². The maximum atomic E-state index is 13.9. The largest absolute Gasteiger partial charge is 0.332 e. The minimum absolute atomic E-state index is 0.0818. The quantitative estimate of drug-likeness (QED) is 0.813. The molecule has 6 rings (SSSR count). The number of aromatic nitrogens is 2. The monoisotopic (exact) mass is 372 g/mol. The molecule has 1 aromatic heterocycles. The van der Waals surface area contributed by atoms with Crippen molar-refractivity contribution in [3.05, 3.63) is 53.4 Å². The summed E-state index contributed by atoms with van der Waals surface area (Å²) in [6, 6.07) is 5.67. The minimum atomic E-state index is -0.563. The minimum Gasteiger partial charge on any atom is -0.332 e. The van der Waals surface area contributed by atoms with Gasteiger partial charge in [0.15, 0.2) is 0 Å². The average Bonchev–Trinajstić information content (AvgIpc) is 3.26. The summed E-state index contributed by atoms with van der Waals surface area (Å²) in [7, 11) is 1.79. The number of halogens is 2. The van der Waals surface area contributed by atoms with Crippen molar-refractivity contribution in [3.8, 4) is 0 Å². The number of carbonyl (C=O) groups is 1. The Morgan fingerprint density at radius 2 is 1.81 bits per heavy atom. The van der Waals surface area contributed by atoms with E-state index in [9.17, 15) is 13.6 Å². The molecule has 2 aromatic rings. The van der Waals surface area contributed by atoms with E-state index in [1.165, 1.54) is 12.1 Å². The Labute approximate surface area is 156 Å². The molecule has 3 atom stereocenters. The van der Waals surface area contributed by atoms with Crippen LogP contribution in [-0.2, 0) is 7.05 Å². The zero-order valence-corrected chi connectivity index (χ0v) is 15.2. The van der Waals surface area contributed by atoms with E-state index in [-0.39, 0.29) is 23.9 Å². The van der Waals surface area contributed by atoms with Crippen molar-refractivity contribution in [2.24, 2.45) is 13.0 Å². The van der Waals surface area contributed by atoms with Gasteiger partial charge < -0.3 is 4.90 Å². The Morgan fingerprint density at radius 1 is 1.11 bits per heavy atom. The van der Waals surface area contributed by atoms with E-state index in [0.29, 0.717) is 23.7 Å². The number of carbonyl (C=O) groups excluding carboxylic acids is 1. The summed E-state index contributed by atoms with van der Waals surface area (Å²) in [5, 5.41) is 4.27. The van der Waals surface area contributed by atoms with Gasteiger partial charge in [0.25, 0.3) is 5.91 Å². The van der Waals surface area contributed by atoms with Crippen molar-refractivity contribution in [1.82, 2.24) is 19.6 Å². The highest BCUT2D eigenvalue weighted by molar-refractivity contribution is 5.93. The van der Waals surface area contributed by atoms with E-state index in [2.05, 4.69) is 10.00 Å². The first-order valence-corrected chi connectivity index (χ1v) is 9.52. The molecule has 4 saturated heterocycles. The molecule has 0 spiro atoms. The van der Waals surface area contributed by atoms with Gasteiger partial charge in [-0.05, 0) is 55.6 Å². The van der Waals surface area contributed by atoms with Crippen molar-refractivity contribution >= 4 is 5.91 Å². The molecular weight excluding hydrogens is 350 g/mol. The molecule has 5 heterocycles. The Balaban J connectivity index is 1.54. The van der Waals surface area contributed by atoms with Gasteiger partial charge in [0, 0.05) is 37.8 Å². The average molecular weight is 372 g/mol. The summed E-state index contributed by atoms with van der Waals surface area (Å²) in [5.74, 6) is -0.857. The molecule has 5 nitrogen and oxygen atoms in total. The van der Waals surface area contributed by atoms with Gasteiger partial charge in [-0.15, -0.1) is 0 Å². The molecule has 142 valence electrons. The van der Waals surface area contributed by atoms with Crippen molar-refractivity contribution in [2.45, 2.75) is 30.8 Å². The summed E-state index contributed by atoms with van der Waals surface area (Å²) in [6.45, 7) is 2.46. The lowest BCUT2D eigenvalue weighted by molar-refractivity contribution is -0.00363. The van der Waals surface area contributed by atoms with E-state index in [0.717, 1.165) is 32.0 Å². The predicted molar refractivity (Wildman–Crippen MR) is 95.2 cm³/mol. The summed E-state index contributed by atoms with van der Waals surface area (Å²) < 4.78 is 29.4. The highest BCUT2D eigenvalue weighted by Gasteiger charge is 2.55. The third-order valence-electron chi connectivity index (χ3n) is 6.50. The molecule has 4 aliphatic rings. The number of likely N-dealkylation sites (tertiary alicyclic amines) is 1. The van der Waals surface area contributed by atoms with Crippen LogP contribution in [0.25, 0.3) is 0 Å². The number of benzene rings is 1. The van der Waals surface area contributed by atoms with Crippen LogP contribution < -0.4 is 0 Å². The zero-order valence-electron chi connectivity index (χ0n) is 15.2. The summed E-state index contributed by atoms with van der Waals surface area (Å²) in [4.78, 5) is 17.5. The van der Waals surface area contributed by atoms with Crippen LogP contribution in [0.4, 0.5) is 8.78 Å². The third kappa shape index (κ3) is 2.67. The molecule has 0 aliphatic carbocycles. The van der Waals surface area contributed by atoms with Crippen LogP contribution >= 0.6 is 0 Å². The zero-order chi connectivity index (χ0) is 18.7. The molecule has 0 radical (unpaired) electrons. The summed E-state index contributed by atoms with van der Waals surface area (Å²) in [6.07, 6.45) is 3.89. The predicted octanol–water partition coefficient (Wildman–Crippen LogP) is 2.40. The lowest BCUT2D eigenvalue weighted by Gasteiger charge is -2.51. The Hall–Kier alpha value is -2.28. The molecule has 0 unspecified atom stereocenters. The molecule has 27 heavy (non-hydrogen) atoms. The van der Waals surface area contributed by atoms with Crippen molar-refractivity contribution < 1.29 is 13.6 Å². The van der Waals surface area contributed by atoms with E-state index < -0.39 is 11.6 Å². The Morgan fingerprint density at radius 3 is 2.44 bits per heavy atom. The van der Waals surface area contributed by atoms with Gasteiger partial charge in [-0.1, -0.05) is 0 Å². The molecule has 0 N–H and O–H groups in total. The number of aryl methyl sites for hydroxylation is 1. The van der Waals surface area contributed by atoms with Gasteiger partial charge in [-0.2, -0.15) is 5.10 Å². The molecule has 4 aliphatic heterocycles. The smallest absolute Gasteiger partial charge is 0.274 e. The first kappa shape index (κ1) is 16.9. The lowest BCUT2D eigenvalue weighted by atomic mass is 9.75. The maximum Gasteiger partial charge on any atom is 0.274 e. The van der Waals surface area contributed by atoms with Gasteiger partial charge in [-0.25, -0.2) is 8.78 Å². The fourth-order valence-corrected chi connectivity index (χ4v) is 5.41. The summed E-state index contributed by atoms with van der Waals surface area (Å²) >= 11 is 0. The van der Waals surface area contributed by atoms with Crippen LogP contribution in [0.2, 0.25) is 0 Å². The molecule has 4 fully saturated rings. The number of fused-ring (bicyclic) bond motifs is 2. The molecule has 1 amide bonds. The molecule has 2 bridgehead atoms. The second-order valence-electron chi connectivity index (χ2n) is 8.00. The topological polar surface area (TPSA) is 41.4 Å². The van der Waals surface area contributed by atoms with E-state index in [1.54, 1.807) is 24.0 Å². The molecular formula is C20H22F2N4O. The third-order valence-corrected chi connectivity index (χ3v) is 6.50.